The lowest BCUT2D eigenvalue weighted by Crippen LogP contribution is -2.41. The van der Waals surface area contributed by atoms with Crippen LogP contribution in [0.2, 0.25) is 5.02 Å². The first-order valence-electron chi connectivity index (χ1n) is 10.2. The van der Waals surface area contributed by atoms with Crippen molar-refractivity contribution >= 4 is 29.3 Å². The maximum absolute atomic E-state index is 13.3. The van der Waals surface area contributed by atoms with Crippen LogP contribution in [-0.4, -0.2) is 60.0 Å². The number of Topliss-reactive ketones (excluding diaryl/α,β-unsaturated/α-hetero) is 1. The first-order valence-corrected chi connectivity index (χ1v) is 10.6. The second-order valence-corrected chi connectivity index (χ2v) is 8.17. The van der Waals surface area contributed by atoms with Crippen molar-refractivity contribution in [3.63, 3.8) is 0 Å². The molecule has 1 aromatic heterocycles. The lowest BCUT2D eigenvalue weighted by molar-refractivity contribution is 0.0506. The lowest BCUT2D eigenvalue weighted by Gasteiger charge is -2.25. The van der Waals surface area contributed by atoms with Gasteiger partial charge in [0.05, 0.1) is 19.8 Å². The van der Waals surface area contributed by atoms with Gasteiger partial charge in [0.15, 0.2) is 5.78 Å². The van der Waals surface area contributed by atoms with Gasteiger partial charge in [-0.25, -0.2) is 4.79 Å². The number of ketones is 1. The van der Waals surface area contributed by atoms with E-state index in [1.54, 1.807) is 49.7 Å². The summed E-state index contributed by atoms with van der Waals surface area (Å²) in [6, 6.07) is 6.59. The molecule has 0 saturated carbocycles. The van der Waals surface area contributed by atoms with E-state index in [0.29, 0.717) is 46.3 Å². The molecule has 166 valence electrons. The van der Waals surface area contributed by atoms with Gasteiger partial charge in [-0.3, -0.25) is 9.59 Å². The van der Waals surface area contributed by atoms with Crippen LogP contribution in [0.5, 0.6) is 0 Å². The molecule has 1 amide bonds. The van der Waals surface area contributed by atoms with Crippen molar-refractivity contribution < 1.29 is 23.9 Å². The van der Waals surface area contributed by atoms with Crippen molar-refractivity contribution in [2.24, 2.45) is 7.05 Å². The van der Waals surface area contributed by atoms with Crippen molar-refractivity contribution in [2.45, 2.75) is 32.8 Å². The number of carbonyl (C=O) groups is 3. The molecule has 2 aromatic rings. The fourth-order valence-electron chi connectivity index (χ4n) is 4.06. The van der Waals surface area contributed by atoms with E-state index in [4.69, 9.17) is 21.1 Å². The molecule has 2 heterocycles. The van der Waals surface area contributed by atoms with Crippen molar-refractivity contribution in [3.05, 3.63) is 57.4 Å². The van der Waals surface area contributed by atoms with Crippen LogP contribution in [0, 0.1) is 13.8 Å². The van der Waals surface area contributed by atoms with Crippen molar-refractivity contribution in [3.8, 4) is 0 Å². The van der Waals surface area contributed by atoms with Gasteiger partial charge < -0.3 is 18.9 Å². The number of esters is 1. The summed E-state index contributed by atoms with van der Waals surface area (Å²) in [6.07, 6.45) is 1.67. The van der Waals surface area contributed by atoms with Crippen LogP contribution < -0.4 is 0 Å². The topological polar surface area (TPSA) is 77.8 Å². The fourth-order valence-corrected chi connectivity index (χ4v) is 4.18. The molecule has 0 N–H and O–H groups in total. The zero-order valence-corrected chi connectivity index (χ0v) is 19.0. The standard InChI is InChI=1S/C23H27ClN2O5/c1-14-20(15(2)25(3)21(14)23(29)30-4)19(27)13-26(12-18-6-5-11-31-18)22(28)16-7-9-17(24)10-8-16/h7-10,18H,5-6,11-13H2,1-4H3. The number of aromatic nitrogens is 1. The Balaban J connectivity index is 1.90. The Morgan fingerprint density at radius 3 is 2.48 bits per heavy atom. The second-order valence-electron chi connectivity index (χ2n) is 7.74. The number of carbonyl (C=O) groups excluding carboxylic acids is 3. The van der Waals surface area contributed by atoms with E-state index < -0.39 is 5.97 Å². The van der Waals surface area contributed by atoms with Gasteiger partial charge in [0.2, 0.25) is 0 Å². The zero-order valence-electron chi connectivity index (χ0n) is 18.2. The van der Waals surface area contributed by atoms with Crippen molar-refractivity contribution in [1.29, 1.82) is 0 Å². The first-order chi connectivity index (χ1) is 14.7. The minimum absolute atomic E-state index is 0.104. The Bertz CT molecular complexity index is 990. The van der Waals surface area contributed by atoms with Gasteiger partial charge in [0.25, 0.3) is 5.91 Å². The molecule has 1 fully saturated rings. The van der Waals surface area contributed by atoms with Crippen LogP contribution in [0.15, 0.2) is 24.3 Å². The van der Waals surface area contributed by atoms with Crippen LogP contribution >= 0.6 is 11.6 Å². The summed E-state index contributed by atoms with van der Waals surface area (Å²) in [7, 11) is 3.02. The Labute approximate surface area is 186 Å². The molecule has 8 heteroatoms. The molecule has 1 saturated heterocycles. The van der Waals surface area contributed by atoms with Gasteiger partial charge in [-0.15, -0.1) is 0 Å². The van der Waals surface area contributed by atoms with E-state index in [1.165, 1.54) is 12.0 Å². The largest absolute Gasteiger partial charge is 0.464 e. The summed E-state index contributed by atoms with van der Waals surface area (Å²) in [6.45, 7) is 4.35. The average Bonchev–Trinajstić information content (AvgIpc) is 3.33. The van der Waals surface area contributed by atoms with E-state index in [9.17, 15) is 14.4 Å². The third kappa shape index (κ3) is 4.83. The fraction of sp³-hybridized carbons (Fsp3) is 0.435. The van der Waals surface area contributed by atoms with Gasteiger partial charge in [-0.05, 0) is 56.5 Å². The van der Waals surface area contributed by atoms with Crippen LogP contribution in [-0.2, 0) is 16.5 Å². The smallest absolute Gasteiger partial charge is 0.354 e. The predicted octanol–water partition coefficient (Wildman–Crippen LogP) is 3.59. The van der Waals surface area contributed by atoms with E-state index in [2.05, 4.69) is 0 Å². The normalized spacial score (nSPS) is 15.7. The number of halogens is 1. The molecule has 31 heavy (non-hydrogen) atoms. The molecule has 0 radical (unpaired) electrons. The first kappa shape index (κ1) is 23.0. The molecule has 0 spiro atoms. The quantitative estimate of drug-likeness (QED) is 0.479. The maximum atomic E-state index is 13.3. The Morgan fingerprint density at radius 1 is 1.23 bits per heavy atom. The summed E-state index contributed by atoms with van der Waals surface area (Å²) < 4.78 is 12.2. The molecule has 1 unspecified atom stereocenters. The molecule has 3 rings (SSSR count). The molecule has 7 nitrogen and oxygen atoms in total. The number of amides is 1. The number of benzene rings is 1. The molecule has 1 aliphatic heterocycles. The molecule has 1 aliphatic rings. The van der Waals surface area contributed by atoms with E-state index >= 15 is 0 Å². The van der Waals surface area contributed by atoms with Gasteiger partial charge in [0, 0.05) is 42.0 Å². The summed E-state index contributed by atoms with van der Waals surface area (Å²) >= 11 is 5.95. The Morgan fingerprint density at radius 2 is 1.90 bits per heavy atom. The number of nitrogens with zero attached hydrogens (tertiary/aromatic N) is 2. The van der Waals surface area contributed by atoms with Gasteiger partial charge >= 0.3 is 5.97 Å². The van der Waals surface area contributed by atoms with E-state index in [0.717, 1.165) is 12.8 Å². The second kappa shape index (κ2) is 9.66. The Kier molecular flexibility index (Phi) is 7.18. The minimum atomic E-state index is -0.504. The zero-order chi connectivity index (χ0) is 22.7. The van der Waals surface area contributed by atoms with Gasteiger partial charge in [-0.1, -0.05) is 11.6 Å². The van der Waals surface area contributed by atoms with Gasteiger partial charge in [0.1, 0.15) is 5.69 Å². The van der Waals surface area contributed by atoms with Crippen LogP contribution in [0.25, 0.3) is 0 Å². The number of hydrogen-bond donors (Lipinski definition) is 0. The van der Waals surface area contributed by atoms with E-state index in [-0.39, 0.29) is 24.3 Å². The average molecular weight is 447 g/mol. The van der Waals surface area contributed by atoms with Crippen LogP contribution in [0.1, 0.15) is 55.3 Å². The predicted molar refractivity (Wildman–Crippen MR) is 117 cm³/mol. The summed E-state index contributed by atoms with van der Waals surface area (Å²) in [5.41, 5.74) is 2.42. The number of ether oxygens (including phenoxy) is 2. The highest BCUT2D eigenvalue weighted by Gasteiger charge is 2.29. The third-order valence-corrected chi connectivity index (χ3v) is 6.00. The lowest BCUT2D eigenvalue weighted by atomic mass is 10.0. The van der Waals surface area contributed by atoms with Crippen molar-refractivity contribution in [1.82, 2.24) is 9.47 Å². The summed E-state index contributed by atoms with van der Waals surface area (Å²) in [5, 5.41) is 0.532. The highest BCUT2D eigenvalue weighted by molar-refractivity contribution is 6.30. The summed E-state index contributed by atoms with van der Waals surface area (Å²) in [4.78, 5) is 40.2. The molecular formula is C23H27ClN2O5. The van der Waals surface area contributed by atoms with Crippen LogP contribution in [0.3, 0.4) is 0 Å². The number of rotatable bonds is 7. The minimum Gasteiger partial charge on any atom is -0.464 e. The number of hydrogen-bond acceptors (Lipinski definition) is 5. The highest BCUT2D eigenvalue weighted by Crippen LogP contribution is 2.24. The van der Waals surface area contributed by atoms with Gasteiger partial charge in [-0.2, -0.15) is 0 Å². The number of methoxy groups -OCH3 is 1. The third-order valence-electron chi connectivity index (χ3n) is 5.75. The summed E-state index contributed by atoms with van der Waals surface area (Å²) in [5.74, 6) is -1.00. The van der Waals surface area contributed by atoms with E-state index in [1.807, 2.05) is 0 Å². The monoisotopic (exact) mass is 446 g/mol. The van der Waals surface area contributed by atoms with Crippen LogP contribution in [0.4, 0.5) is 0 Å². The maximum Gasteiger partial charge on any atom is 0.354 e. The molecule has 0 aliphatic carbocycles. The molecule has 1 atom stereocenters. The molecule has 1 aromatic carbocycles. The highest BCUT2D eigenvalue weighted by atomic mass is 35.5. The SMILES string of the molecule is COC(=O)c1c(C)c(C(=O)CN(CC2CCCO2)C(=O)c2ccc(Cl)cc2)c(C)n1C. The molecular weight excluding hydrogens is 420 g/mol. The molecule has 0 bridgehead atoms. The Hall–Kier alpha value is -2.64. The van der Waals surface area contributed by atoms with Crippen molar-refractivity contribution in [2.75, 3.05) is 26.8 Å².